The number of nitrogens with one attached hydrogen (secondary N) is 1. The maximum atomic E-state index is 13.1. The molecule has 0 atom stereocenters. The molecule has 3 nitrogen and oxygen atoms in total. The van der Waals surface area contributed by atoms with Crippen molar-refractivity contribution >= 4 is 23.4 Å². The fraction of sp³-hybridized carbons (Fsp3) is 0.500. The molecule has 0 saturated carbocycles. The lowest BCUT2D eigenvalue weighted by molar-refractivity contribution is 0.0697. The van der Waals surface area contributed by atoms with Gasteiger partial charge in [0.25, 0.3) is 0 Å². The number of hydrogen-bond donors (Lipinski definition) is 2. The van der Waals surface area contributed by atoms with E-state index in [1.54, 1.807) is 11.8 Å². The summed E-state index contributed by atoms with van der Waals surface area (Å²) >= 11 is 1.77. The monoisotopic (exact) mass is 285 g/mol. The molecule has 0 aliphatic carbocycles. The maximum absolute atomic E-state index is 13.1. The van der Waals surface area contributed by atoms with E-state index in [0.29, 0.717) is 12.2 Å². The summed E-state index contributed by atoms with van der Waals surface area (Å²) in [6.45, 7) is 4.89. The molecule has 0 aliphatic rings. The minimum atomic E-state index is -1.12. The third-order valence-electron chi connectivity index (χ3n) is 3.53. The van der Waals surface area contributed by atoms with E-state index in [1.807, 2.05) is 0 Å². The molecule has 19 heavy (non-hydrogen) atoms. The lowest BCUT2D eigenvalue weighted by atomic mass is 10.0. The molecule has 1 rings (SSSR count). The molecule has 0 saturated heterocycles. The summed E-state index contributed by atoms with van der Waals surface area (Å²) in [6, 6.07) is 3.80. The number of benzene rings is 1. The van der Waals surface area contributed by atoms with Crippen molar-refractivity contribution in [3.05, 3.63) is 29.6 Å². The van der Waals surface area contributed by atoms with E-state index in [-0.39, 0.29) is 10.3 Å². The van der Waals surface area contributed by atoms with Gasteiger partial charge in [-0.2, -0.15) is 11.8 Å². The molecular weight excluding hydrogens is 265 g/mol. The van der Waals surface area contributed by atoms with Gasteiger partial charge in [-0.05, 0) is 37.3 Å². The molecule has 0 unspecified atom stereocenters. The second-order valence-corrected chi connectivity index (χ2v) is 5.72. The third kappa shape index (κ3) is 3.86. The zero-order chi connectivity index (χ0) is 14.5. The van der Waals surface area contributed by atoms with Crippen molar-refractivity contribution in [3.8, 4) is 0 Å². The van der Waals surface area contributed by atoms with Gasteiger partial charge < -0.3 is 10.4 Å². The SMILES string of the molecule is CCC(CC)(CNc1ccc(F)cc1C(=O)O)SC. The summed E-state index contributed by atoms with van der Waals surface area (Å²) in [4.78, 5) is 11.1. The first-order chi connectivity index (χ1) is 8.98. The third-order valence-corrected chi connectivity index (χ3v) is 5.12. The summed E-state index contributed by atoms with van der Waals surface area (Å²) in [5.41, 5.74) is 0.441. The predicted molar refractivity (Wildman–Crippen MR) is 78.7 cm³/mol. The number of rotatable bonds is 7. The van der Waals surface area contributed by atoms with Crippen LogP contribution in [0.25, 0.3) is 0 Å². The zero-order valence-electron chi connectivity index (χ0n) is 11.5. The highest BCUT2D eigenvalue weighted by Crippen LogP contribution is 2.31. The van der Waals surface area contributed by atoms with Crippen molar-refractivity contribution in [1.29, 1.82) is 0 Å². The van der Waals surface area contributed by atoms with Crippen molar-refractivity contribution < 1.29 is 14.3 Å². The largest absolute Gasteiger partial charge is 0.478 e. The lowest BCUT2D eigenvalue weighted by Gasteiger charge is -2.30. The summed E-state index contributed by atoms with van der Waals surface area (Å²) in [5.74, 6) is -1.66. The number of aromatic carboxylic acids is 1. The summed E-state index contributed by atoms with van der Waals surface area (Å²) in [7, 11) is 0. The van der Waals surface area contributed by atoms with E-state index in [4.69, 9.17) is 5.11 Å². The van der Waals surface area contributed by atoms with Crippen LogP contribution in [-0.4, -0.2) is 28.6 Å². The molecule has 0 fully saturated rings. The Kier molecular flexibility index (Phi) is 5.66. The second-order valence-electron chi connectivity index (χ2n) is 4.44. The Bertz CT molecular complexity index is 439. The van der Waals surface area contributed by atoms with E-state index >= 15 is 0 Å². The topological polar surface area (TPSA) is 49.3 Å². The first-order valence-corrected chi connectivity index (χ1v) is 7.52. The minimum Gasteiger partial charge on any atom is -0.478 e. The Hall–Kier alpha value is -1.23. The standard InChI is InChI=1S/C14H20FNO2S/c1-4-14(5-2,19-3)9-16-12-7-6-10(15)8-11(12)13(17)18/h6-8,16H,4-5,9H2,1-3H3,(H,17,18). The van der Waals surface area contributed by atoms with Crippen molar-refractivity contribution in [2.75, 3.05) is 18.1 Å². The Morgan fingerprint density at radius 3 is 2.53 bits per heavy atom. The van der Waals surface area contributed by atoms with E-state index in [1.165, 1.54) is 12.1 Å². The highest BCUT2D eigenvalue weighted by molar-refractivity contribution is 8.00. The number of carboxylic acids is 1. The van der Waals surface area contributed by atoms with Crippen molar-refractivity contribution in [1.82, 2.24) is 0 Å². The first kappa shape index (κ1) is 15.8. The van der Waals surface area contributed by atoms with E-state index in [0.717, 1.165) is 18.9 Å². The Morgan fingerprint density at radius 1 is 1.42 bits per heavy atom. The van der Waals surface area contributed by atoms with Gasteiger partial charge in [0.1, 0.15) is 5.82 Å². The average molecular weight is 285 g/mol. The van der Waals surface area contributed by atoms with Gasteiger partial charge >= 0.3 is 5.97 Å². The predicted octanol–water partition coefficient (Wildman–Crippen LogP) is 3.86. The van der Waals surface area contributed by atoms with Crippen molar-refractivity contribution in [3.63, 3.8) is 0 Å². The summed E-state index contributed by atoms with van der Waals surface area (Å²) in [6.07, 6.45) is 4.03. The molecular formula is C14H20FNO2S. The number of thioether (sulfide) groups is 1. The molecule has 0 aliphatic heterocycles. The minimum absolute atomic E-state index is 0.0257. The van der Waals surface area contributed by atoms with Gasteiger partial charge in [-0.3, -0.25) is 0 Å². The Labute approximate surface area is 117 Å². The molecule has 1 aromatic rings. The van der Waals surface area contributed by atoms with Crippen LogP contribution in [0.4, 0.5) is 10.1 Å². The average Bonchev–Trinajstić information content (AvgIpc) is 2.42. The van der Waals surface area contributed by atoms with Crippen LogP contribution in [0, 0.1) is 5.82 Å². The number of carbonyl (C=O) groups is 1. The Balaban J connectivity index is 2.91. The van der Waals surface area contributed by atoms with Gasteiger partial charge in [-0.15, -0.1) is 0 Å². The fourth-order valence-electron chi connectivity index (χ4n) is 1.96. The zero-order valence-corrected chi connectivity index (χ0v) is 12.3. The molecule has 0 radical (unpaired) electrons. The molecule has 0 bridgehead atoms. The molecule has 5 heteroatoms. The van der Waals surface area contributed by atoms with Crippen LogP contribution in [-0.2, 0) is 0 Å². The maximum Gasteiger partial charge on any atom is 0.337 e. The van der Waals surface area contributed by atoms with E-state index < -0.39 is 11.8 Å². The summed E-state index contributed by atoms with van der Waals surface area (Å²) < 4.78 is 13.2. The van der Waals surface area contributed by atoms with Gasteiger partial charge in [-0.1, -0.05) is 13.8 Å². The fourth-order valence-corrected chi connectivity index (χ4v) is 2.76. The number of halogens is 1. The molecule has 106 valence electrons. The molecule has 1 aromatic carbocycles. The normalized spacial score (nSPS) is 11.4. The van der Waals surface area contributed by atoms with Gasteiger partial charge in [-0.25, -0.2) is 9.18 Å². The molecule has 0 spiro atoms. The van der Waals surface area contributed by atoms with E-state index in [9.17, 15) is 9.18 Å². The molecule has 0 heterocycles. The number of hydrogen-bond acceptors (Lipinski definition) is 3. The van der Waals surface area contributed by atoms with Crippen LogP contribution in [0.1, 0.15) is 37.0 Å². The van der Waals surface area contributed by atoms with Gasteiger partial charge in [0.2, 0.25) is 0 Å². The smallest absolute Gasteiger partial charge is 0.337 e. The molecule has 0 aromatic heterocycles. The highest BCUT2D eigenvalue weighted by atomic mass is 32.2. The van der Waals surface area contributed by atoms with Crippen molar-refractivity contribution in [2.45, 2.75) is 31.4 Å². The van der Waals surface area contributed by atoms with Gasteiger partial charge in [0.15, 0.2) is 0 Å². The second kappa shape index (κ2) is 6.80. The van der Waals surface area contributed by atoms with E-state index in [2.05, 4.69) is 25.4 Å². The van der Waals surface area contributed by atoms with Crippen LogP contribution >= 0.6 is 11.8 Å². The first-order valence-electron chi connectivity index (χ1n) is 6.30. The van der Waals surface area contributed by atoms with Crippen LogP contribution < -0.4 is 5.32 Å². The number of anilines is 1. The van der Waals surface area contributed by atoms with Crippen LogP contribution in [0.15, 0.2) is 18.2 Å². The molecule has 2 N–H and O–H groups in total. The molecule has 0 amide bonds. The van der Waals surface area contributed by atoms with Crippen LogP contribution in [0.3, 0.4) is 0 Å². The number of carboxylic acid groups (broad SMARTS) is 1. The highest BCUT2D eigenvalue weighted by Gasteiger charge is 2.25. The van der Waals surface area contributed by atoms with Gasteiger partial charge in [0.05, 0.1) is 5.56 Å². The summed E-state index contributed by atoms with van der Waals surface area (Å²) in [5, 5.41) is 12.2. The quantitative estimate of drug-likeness (QED) is 0.798. The van der Waals surface area contributed by atoms with Crippen LogP contribution in [0.2, 0.25) is 0 Å². The van der Waals surface area contributed by atoms with Crippen molar-refractivity contribution in [2.24, 2.45) is 0 Å². The Morgan fingerprint density at radius 2 is 2.05 bits per heavy atom. The van der Waals surface area contributed by atoms with Gasteiger partial charge in [0, 0.05) is 17.0 Å². The van der Waals surface area contributed by atoms with Crippen LogP contribution in [0.5, 0.6) is 0 Å². The lowest BCUT2D eigenvalue weighted by Crippen LogP contribution is -2.32.